The molecular formula is C24H24BFN2O4. The number of benzene rings is 2. The lowest BCUT2D eigenvalue weighted by molar-refractivity contribution is 0.00578. The normalized spacial score (nSPS) is 16.8. The Bertz CT molecular complexity index is 1240. The smallest absolute Gasteiger partial charge is 0.399 e. The highest BCUT2D eigenvalue weighted by Gasteiger charge is 2.52. The summed E-state index contributed by atoms with van der Waals surface area (Å²) >= 11 is 0. The summed E-state index contributed by atoms with van der Waals surface area (Å²) in [6.45, 7) is 7.56. The number of hydrogen-bond acceptors (Lipinski definition) is 4. The van der Waals surface area contributed by atoms with Crippen LogP contribution in [0, 0.1) is 5.82 Å². The van der Waals surface area contributed by atoms with Crippen LogP contribution in [0.1, 0.15) is 38.1 Å². The number of amides is 1. The van der Waals surface area contributed by atoms with E-state index in [-0.39, 0.29) is 16.6 Å². The lowest BCUT2D eigenvalue weighted by Gasteiger charge is -2.32. The van der Waals surface area contributed by atoms with Gasteiger partial charge in [0.1, 0.15) is 11.4 Å². The summed E-state index contributed by atoms with van der Waals surface area (Å²) in [7, 11) is -0.865. The summed E-state index contributed by atoms with van der Waals surface area (Å²) in [6, 6.07) is 14.9. The number of halogens is 1. The van der Waals surface area contributed by atoms with Crippen molar-refractivity contribution in [2.24, 2.45) is 5.73 Å². The molecule has 1 aliphatic heterocycles. The maximum atomic E-state index is 15.1. The molecule has 0 spiro atoms. The third-order valence-electron chi connectivity index (χ3n) is 6.19. The van der Waals surface area contributed by atoms with Gasteiger partial charge in [-0.1, -0.05) is 30.3 Å². The van der Waals surface area contributed by atoms with Crippen LogP contribution in [0.25, 0.3) is 16.8 Å². The third kappa shape index (κ3) is 3.65. The number of pyridine rings is 1. The van der Waals surface area contributed by atoms with Crippen molar-refractivity contribution >= 4 is 18.5 Å². The van der Waals surface area contributed by atoms with E-state index in [9.17, 15) is 9.59 Å². The molecule has 2 heterocycles. The monoisotopic (exact) mass is 434 g/mol. The Morgan fingerprint density at radius 1 is 1.00 bits per heavy atom. The fourth-order valence-corrected chi connectivity index (χ4v) is 3.66. The van der Waals surface area contributed by atoms with Gasteiger partial charge >= 0.3 is 7.12 Å². The maximum absolute atomic E-state index is 15.1. The highest BCUT2D eigenvalue weighted by Crippen LogP contribution is 2.37. The Morgan fingerprint density at radius 2 is 1.62 bits per heavy atom. The molecule has 1 amide bonds. The molecule has 0 aliphatic carbocycles. The molecule has 0 unspecified atom stereocenters. The van der Waals surface area contributed by atoms with E-state index < -0.39 is 35.6 Å². The first-order valence-electron chi connectivity index (χ1n) is 10.3. The van der Waals surface area contributed by atoms with Crippen LogP contribution in [0.5, 0.6) is 0 Å². The predicted molar refractivity (Wildman–Crippen MR) is 122 cm³/mol. The van der Waals surface area contributed by atoms with Gasteiger partial charge in [0.15, 0.2) is 0 Å². The Hall–Kier alpha value is -3.23. The van der Waals surface area contributed by atoms with Gasteiger partial charge in [-0.2, -0.15) is 0 Å². The lowest BCUT2D eigenvalue weighted by Crippen LogP contribution is -2.41. The van der Waals surface area contributed by atoms with Crippen molar-refractivity contribution in [3.63, 3.8) is 0 Å². The molecule has 2 aromatic carbocycles. The molecule has 32 heavy (non-hydrogen) atoms. The summed E-state index contributed by atoms with van der Waals surface area (Å²) in [6.07, 6.45) is 1.54. The number of nitrogens with zero attached hydrogens (tertiary/aromatic N) is 1. The molecule has 1 fully saturated rings. The summed E-state index contributed by atoms with van der Waals surface area (Å²) in [4.78, 5) is 25.2. The van der Waals surface area contributed by atoms with Crippen molar-refractivity contribution in [3.05, 3.63) is 82.5 Å². The number of nitrogens with two attached hydrogens (primary N) is 1. The van der Waals surface area contributed by atoms with Crippen LogP contribution in [-0.4, -0.2) is 28.8 Å². The number of rotatable bonds is 4. The molecule has 0 bridgehead atoms. The molecule has 0 radical (unpaired) electrons. The van der Waals surface area contributed by atoms with Crippen LogP contribution in [-0.2, 0) is 9.31 Å². The van der Waals surface area contributed by atoms with E-state index in [0.717, 1.165) is 0 Å². The Labute approximate surface area is 185 Å². The Balaban J connectivity index is 1.76. The number of primary amides is 1. The van der Waals surface area contributed by atoms with Crippen LogP contribution in [0.4, 0.5) is 4.39 Å². The van der Waals surface area contributed by atoms with Gasteiger partial charge in [0.25, 0.3) is 11.5 Å². The number of aromatic nitrogens is 1. The fourth-order valence-electron chi connectivity index (χ4n) is 3.66. The zero-order valence-electron chi connectivity index (χ0n) is 18.4. The summed E-state index contributed by atoms with van der Waals surface area (Å²) in [5.41, 5.74) is 4.99. The van der Waals surface area contributed by atoms with E-state index in [1.54, 1.807) is 48.7 Å². The van der Waals surface area contributed by atoms with E-state index in [1.165, 1.54) is 10.6 Å². The quantitative estimate of drug-likeness (QED) is 0.640. The largest absolute Gasteiger partial charge is 0.497 e. The van der Waals surface area contributed by atoms with Gasteiger partial charge in [0.2, 0.25) is 0 Å². The maximum Gasteiger partial charge on any atom is 0.497 e. The second-order valence-electron chi connectivity index (χ2n) is 8.80. The van der Waals surface area contributed by atoms with Crippen molar-refractivity contribution < 1.29 is 18.5 Å². The molecule has 1 aromatic heterocycles. The van der Waals surface area contributed by atoms with Crippen LogP contribution in [0.2, 0.25) is 0 Å². The highest BCUT2D eigenvalue weighted by atomic mass is 19.1. The molecule has 2 N–H and O–H groups in total. The third-order valence-corrected chi connectivity index (χ3v) is 6.19. The van der Waals surface area contributed by atoms with E-state index in [1.807, 2.05) is 33.8 Å². The molecule has 8 heteroatoms. The summed E-state index contributed by atoms with van der Waals surface area (Å²) in [5, 5.41) is 0. The molecule has 0 saturated carbocycles. The minimum Gasteiger partial charge on any atom is -0.399 e. The Kier molecular flexibility index (Phi) is 5.31. The summed E-state index contributed by atoms with van der Waals surface area (Å²) in [5.74, 6) is -1.45. The number of carbonyl (C=O) groups is 1. The first kappa shape index (κ1) is 22.0. The molecule has 1 saturated heterocycles. The lowest BCUT2D eigenvalue weighted by atomic mass is 9.78. The van der Waals surface area contributed by atoms with Crippen molar-refractivity contribution in [2.75, 3.05) is 0 Å². The zero-order valence-corrected chi connectivity index (χ0v) is 18.4. The topological polar surface area (TPSA) is 83.5 Å². The van der Waals surface area contributed by atoms with Crippen molar-refractivity contribution in [3.8, 4) is 16.8 Å². The molecule has 1 aliphatic rings. The first-order chi connectivity index (χ1) is 15.0. The average molecular weight is 434 g/mol. The number of carbonyl (C=O) groups excluding carboxylic acids is 1. The number of hydrogen-bond donors (Lipinski definition) is 1. The molecule has 4 rings (SSSR count). The van der Waals surface area contributed by atoms with Crippen molar-refractivity contribution in [1.82, 2.24) is 4.57 Å². The second-order valence-corrected chi connectivity index (χ2v) is 8.80. The average Bonchev–Trinajstić information content (AvgIpc) is 2.94. The molecule has 3 aromatic rings. The van der Waals surface area contributed by atoms with E-state index >= 15 is 4.39 Å². The van der Waals surface area contributed by atoms with Crippen LogP contribution < -0.4 is 16.8 Å². The van der Waals surface area contributed by atoms with E-state index in [2.05, 4.69) is 0 Å². The second kappa shape index (κ2) is 7.72. The molecule has 6 nitrogen and oxygen atoms in total. The van der Waals surface area contributed by atoms with Gasteiger partial charge in [0.05, 0.1) is 11.2 Å². The van der Waals surface area contributed by atoms with Gasteiger partial charge in [-0.15, -0.1) is 0 Å². The predicted octanol–water partition coefficient (Wildman–Crippen LogP) is 3.04. The number of para-hydroxylation sites is 1. The van der Waals surface area contributed by atoms with Crippen LogP contribution in [0.3, 0.4) is 0 Å². The standard InChI is InChI=1S/C24H24BFN2O4/c1-23(2)24(3,4)32-25(31-23)18-11-10-15(14-19(18)26)17-12-13-28(16-8-6-5-7-9-16)22(30)20(17)21(27)29/h5-14H,1-4H3,(H2,27,29). The van der Waals surface area contributed by atoms with Gasteiger partial charge in [-0.3, -0.25) is 14.2 Å². The summed E-state index contributed by atoms with van der Waals surface area (Å²) < 4.78 is 28.3. The SMILES string of the molecule is CC1(C)OB(c2ccc(-c3ccn(-c4ccccc4)c(=O)c3C(N)=O)cc2F)OC1(C)C. The minimum atomic E-state index is -0.884. The van der Waals surface area contributed by atoms with Crippen LogP contribution in [0.15, 0.2) is 65.6 Å². The van der Waals surface area contributed by atoms with Gasteiger partial charge in [-0.05, 0) is 57.5 Å². The molecule has 0 atom stereocenters. The zero-order chi connectivity index (χ0) is 23.3. The van der Waals surface area contributed by atoms with Crippen molar-refractivity contribution in [1.29, 1.82) is 0 Å². The first-order valence-corrected chi connectivity index (χ1v) is 10.3. The van der Waals surface area contributed by atoms with E-state index in [4.69, 9.17) is 15.0 Å². The molecule has 164 valence electrons. The van der Waals surface area contributed by atoms with E-state index in [0.29, 0.717) is 11.3 Å². The van der Waals surface area contributed by atoms with Crippen LogP contribution >= 0.6 is 0 Å². The van der Waals surface area contributed by atoms with Crippen molar-refractivity contribution in [2.45, 2.75) is 38.9 Å². The Morgan fingerprint density at radius 3 is 2.19 bits per heavy atom. The van der Waals surface area contributed by atoms with Gasteiger partial charge in [-0.25, -0.2) is 4.39 Å². The molecular weight excluding hydrogens is 410 g/mol. The fraction of sp³-hybridized carbons (Fsp3) is 0.250. The highest BCUT2D eigenvalue weighted by molar-refractivity contribution is 6.62. The van der Waals surface area contributed by atoms with Gasteiger partial charge in [0, 0.05) is 22.9 Å². The minimum absolute atomic E-state index is 0.209. The van der Waals surface area contributed by atoms with Gasteiger partial charge < -0.3 is 15.0 Å².